The van der Waals surface area contributed by atoms with E-state index in [0.29, 0.717) is 12.0 Å². The Morgan fingerprint density at radius 2 is 2.31 bits per heavy atom. The van der Waals surface area contributed by atoms with Gasteiger partial charge in [-0.2, -0.15) is 0 Å². The summed E-state index contributed by atoms with van der Waals surface area (Å²) in [5, 5.41) is 0. The highest BCUT2D eigenvalue weighted by atomic mass is 79.9. The van der Waals surface area contributed by atoms with Gasteiger partial charge in [-0.15, -0.1) is 0 Å². The molecule has 2 atom stereocenters. The van der Waals surface area contributed by atoms with E-state index in [-0.39, 0.29) is 0 Å². The summed E-state index contributed by atoms with van der Waals surface area (Å²) >= 11 is 3.45. The van der Waals surface area contributed by atoms with Gasteiger partial charge >= 0.3 is 0 Å². The van der Waals surface area contributed by atoms with Crippen LogP contribution in [-0.4, -0.2) is 11.0 Å². The van der Waals surface area contributed by atoms with Crippen molar-refractivity contribution in [3.63, 3.8) is 0 Å². The number of hydrogen-bond donors (Lipinski definition) is 1. The fourth-order valence-corrected chi connectivity index (χ4v) is 2.33. The van der Waals surface area contributed by atoms with Crippen LogP contribution >= 0.6 is 15.9 Å². The van der Waals surface area contributed by atoms with Crippen molar-refractivity contribution in [3.05, 3.63) is 28.5 Å². The Balaban J connectivity index is 2.24. The number of rotatable bonds is 1. The lowest BCUT2D eigenvalue weighted by Crippen LogP contribution is -2.23. The minimum absolute atomic E-state index is 0.307. The molecule has 0 saturated heterocycles. The van der Waals surface area contributed by atoms with E-state index < -0.39 is 0 Å². The van der Waals surface area contributed by atoms with Crippen LogP contribution < -0.4 is 5.73 Å². The van der Waals surface area contributed by atoms with E-state index in [9.17, 15) is 0 Å². The Hall–Kier alpha value is -0.410. The first-order chi connectivity index (χ1) is 6.27. The topological polar surface area (TPSA) is 38.9 Å². The Morgan fingerprint density at radius 3 is 2.92 bits per heavy atom. The van der Waals surface area contributed by atoms with Gasteiger partial charge in [0.25, 0.3) is 0 Å². The smallest absolute Gasteiger partial charge is 0.0461 e. The monoisotopic (exact) mass is 240 g/mol. The molecular formula is C10H13BrN2. The number of pyridine rings is 1. The normalized spacial score (nSPS) is 27.8. The molecule has 1 aromatic heterocycles. The highest BCUT2D eigenvalue weighted by molar-refractivity contribution is 9.10. The number of halogens is 1. The van der Waals surface area contributed by atoms with Gasteiger partial charge in [-0.25, -0.2) is 0 Å². The Morgan fingerprint density at radius 1 is 1.46 bits per heavy atom. The molecule has 2 rings (SSSR count). The van der Waals surface area contributed by atoms with E-state index in [2.05, 4.69) is 27.0 Å². The standard InChI is InChI=1S/C10H13BrN2/c11-7-4-5-13-10(6-7)8-2-1-3-9(8)12/h4-6,8-9H,1-3,12H2. The number of nitrogens with zero attached hydrogens (tertiary/aromatic N) is 1. The highest BCUT2D eigenvalue weighted by Crippen LogP contribution is 2.32. The first-order valence-electron chi connectivity index (χ1n) is 4.64. The molecular weight excluding hydrogens is 228 g/mol. The molecule has 2 nitrogen and oxygen atoms in total. The van der Waals surface area contributed by atoms with Crippen LogP contribution in [0.3, 0.4) is 0 Å². The summed E-state index contributed by atoms with van der Waals surface area (Å²) in [5.41, 5.74) is 7.14. The van der Waals surface area contributed by atoms with Crippen LogP contribution in [0.15, 0.2) is 22.8 Å². The second-order valence-corrected chi connectivity index (χ2v) is 4.52. The first kappa shape index (κ1) is 9.16. The lowest BCUT2D eigenvalue weighted by molar-refractivity contribution is 0.598. The molecule has 3 heteroatoms. The molecule has 0 bridgehead atoms. The molecule has 1 aromatic rings. The number of nitrogens with two attached hydrogens (primary N) is 1. The predicted octanol–water partition coefficient (Wildman–Crippen LogP) is 2.44. The van der Waals surface area contributed by atoms with Crippen LogP contribution in [0.4, 0.5) is 0 Å². The molecule has 1 heterocycles. The van der Waals surface area contributed by atoms with Gasteiger partial charge in [-0.05, 0) is 25.0 Å². The maximum Gasteiger partial charge on any atom is 0.0461 e. The summed E-state index contributed by atoms with van der Waals surface area (Å²) in [6, 6.07) is 4.33. The summed E-state index contributed by atoms with van der Waals surface area (Å²) in [4.78, 5) is 4.36. The lowest BCUT2D eigenvalue weighted by atomic mass is 10.00. The molecule has 1 fully saturated rings. The molecule has 2 N–H and O–H groups in total. The minimum Gasteiger partial charge on any atom is -0.327 e. The van der Waals surface area contributed by atoms with Crippen molar-refractivity contribution in [2.75, 3.05) is 0 Å². The molecule has 1 saturated carbocycles. The van der Waals surface area contributed by atoms with Gasteiger partial charge in [-0.1, -0.05) is 22.4 Å². The summed E-state index contributed by atoms with van der Waals surface area (Å²) in [5.74, 6) is 0.470. The van der Waals surface area contributed by atoms with Crippen LogP contribution in [0.5, 0.6) is 0 Å². The average Bonchev–Trinajstić information content (AvgIpc) is 2.51. The van der Waals surface area contributed by atoms with Crippen molar-refractivity contribution in [2.45, 2.75) is 31.2 Å². The van der Waals surface area contributed by atoms with Gasteiger partial charge in [0.05, 0.1) is 0 Å². The molecule has 0 aromatic carbocycles. The molecule has 1 aliphatic carbocycles. The maximum atomic E-state index is 6.01. The summed E-state index contributed by atoms with van der Waals surface area (Å²) in [6.45, 7) is 0. The fraction of sp³-hybridized carbons (Fsp3) is 0.500. The van der Waals surface area contributed by atoms with E-state index in [0.717, 1.165) is 16.6 Å². The average molecular weight is 241 g/mol. The van der Waals surface area contributed by atoms with Crippen molar-refractivity contribution < 1.29 is 0 Å². The zero-order valence-corrected chi connectivity index (χ0v) is 9.00. The van der Waals surface area contributed by atoms with Crippen LogP contribution in [0, 0.1) is 0 Å². The summed E-state index contributed by atoms with van der Waals surface area (Å²) in [7, 11) is 0. The summed E-state index contributed by atoms with van der Waals surface area (Å²) < 4.78 is 1.09. The van der Waals surface area contributed by atoms with E-state index in [1.54, 1.807) is 0 Å². The molecule has 2 unspecified atom stereocenters. The van der Waals surface area contributed by atoms with Crippen molar-refractivity contribution in [3.8, 4) is 0 Å². The third kappa shape index (κ3) is 1.92. The SMILES string of the molecule is NC1CCCC1c1cc(Br)ccn1. The van der Waals surface area contributed by atoms with E-state index in [4.69, 9.17) is 5.73 Å². The minimum atomic E-state index is 0.307. The van der Waals surface area contributed by atoms with Gasteiger partial charge in [0.2, 0.25) is 0 Å². The second kappa shape index (κ2) is 3.76. The van der Waals surface area contributed by atoms with Gasteiger partial charge < -0.3 is 5.73 Å². The lowest BCUT2D eigenvalue weighted by Gasteiger charge is -2.14. The van der Waals surface area contributed by atoms with Crippen molar-refractivity contribution in [1.82, 2.24) is 4.98 Å². The van der Waals surface area contributed by atoms with Crippen molar-refractivity contribution in [2.24, 2.45) is 5.73 Å². The Bertz CT molecular complexity index is 301. The molecule has 70 valence electrons. The highest BCUT2D eigenvalue weighted by Gasteiger charge is 2.26. The summed E-state index contributed by atoms with van der Waals surface area (Å²) in [6.07, 6.45) is 5.40. The third-order valence-electron chi connectivity index (χ3n) is 2.69. The second-order valence-electron chi connectivity index (χ2n) is 3.60. The zero-order valence-electron chi connectivity index (χ0n) is 7.41. The molecule has 0 spiro atoms. The molecule has 0 radical (unpaired) electrons. The van der Waals surface area contributed by atoms with Crippen molar-refractivity contribution in [1.29, 1.82) is 0 Å². The predicted molar refractivity (Wildman–Crippen MR) is 56.5 cm³/mol. The van der Waals surface area contributed by atoms with Gasteiger partial charge in [0, 0.05) is 28.3 Å². The van der Waals surface area contributed by atoms with Crippen LogP contribution in [0.2, 0.25) is 0 Å². The van der Waals surface area contributed by atoms with E-state index in [1.807, 2.05) is 12.3 Å². The van der Waals surface area contributed by atoms with Gasteiger partial charge in [-0.3, -0.25) is 4.98 Å². The van der Waals surface area contributed by atoms with Crippen LogP contribution in [0.25, 0.3) is 0 Å². The quantitative estimate of drug-likeness (QED) is 0.820. The number of hydrogen-bond acceptors (Lipinski definition) is 2. The molecule has 0 aliphatic heterocycles. The Kier molecular flexibility index (Phi) is 2.65. The molecule has 0 amide bonds. The van der Waals surface area contributed by atoms with Crippen LogP contribution in [0.1, 0.15) is 30.9 Å². The van der Waals surface area contributed by atoms with E-state index >= 15 is 0 Å². The third-order valence-corrected chi connectivity index (χ3v) is 3.19. The zero-order chi connectivity index (χ0) is 9.26. The van der Waals surface area contributed by atoms with Crippen LogP contribution in [-0.2, 0) is 0 Å². The van der Waals surface area contributed by atoms with Gasteiger partial charge in [0.15, 0.2) is 0 Å². The van der Waals surface area contributed by atoms with Crippen molar-refractivity contribution >= 4 is 15.9 Å². The maximum absolute atomic E-state index is 6.01. The largest absolute Gasteiger partial charge is 0.327 e. The fourth-order valence-electron chi connectivity index (χ4n) is 1.98. The molecule has 13 heavy (non-hydrogen) atoms. The van der Waals surface area contributed by atoms with Gasteiger partial charge in [0.1, 0.15) is 0 Å². The van der Waals surface area contributed by atoms with E-state index in [1.165, 1.54) is 12.8 Å². The first-order valence-corrected chi connectivity index (χ1v) is 5.43. The Labute approximate surface area is 86.7 Å². The molecule has 1 aliphatic rings. The number of aromatic nitrogens is 1.